The molecule has 66 valence electrons. The topological polar surface area (TPSA) is 78.9 Å². The van der Waals surface area contributed by atoms with Crippen LogP contribution in [0.1, 0.15) is 5.82 Å². The number of alkyl halides is 2. The molecule has 0 atom stereocenters. The number of carbonyl (C=O) groups is 1. The van der Waals surface area contributed by atoms with Crippen molar-refractivity contribution < 1.29 is 18.7 Å². The van der Waals surface area contributed by atoms with Gasteiger partial charge in [0.15, 0.2) is 0 Å². The highest BCUT2D eigenvalue weighted by atomic mass is 19.3. The maximum atomic E-state index is 12.4. The lowest BCUT2D eigenvalue weighted by atomic mass is 10.2. The molecule has 0 aromatic carbocycles. The normalized spacial score (nSPS) is 11.5. The second-order valence-corrected chi connectivity index (χ2v) is 2.12. The number of halogens is 2. The Hall–Kier alpha value is -1.53. The Morgan fingerprint density at radius 1 is 1.75 bits per heavy atom. The molecule has 5 nitrogen and oxygen atoms in total. The number of rotatable bonds is 3. The number of hydrogen-bond donors (Lipinski definition) is 2. The van der Waals surface area contributed by atoms with E-state index in [4.69, 9.17) is 5.11 Å². The van der Waals surface area contributed by atoms with Gasteiger partial charge in [0.2, 0.25) is 0 Å². The highest BCUT2D eigenvalue weighted by Crippen LogP contribution is 2.17. The van der Waals surface area contributed by atoms with E-state index in [0.29, 0.717) is 0 Å². The van der Waals surface area contributed by atoms with E-state index in [-0.39, 0.29) is 5.82 Å². The van der Waals surface area contributed by atoms with Crippen LogP contribution in [0.25, 0.3) is 0 Å². The molecule has 2 N–H and O–H groups in total. The van der Waals surface area contributed by atoms with Crippen molar-refractivity contribution in [2.45, 2.75) is 12.3 Å². The maximum Gasteiger partial charge on any atom is 0.375 e. The molecule has 0 unspecified atom stereocenters. The lowest BCUT2D eigenvalue weighted by Crippen LogP contribution is -2.31. The van der Waals surface area contributed by atoms with E-state index in [1.165, 1.54) is 0 Å². The minimum absolute atomic E-state index is 0.151. The smallest absolute Gasteiger partial charge is 0.375 e. The number of aliphatic carboxylic acids is 1. The van der Waals surface area contributed by atoms with Gasteiger partial charge in [-0.05, 0) is 0 Å². The molecule has 0 saturated carbocycles. The number of hydrogen-bond acceptors (Lipinski definition) is 3. The van der Waals surface area contributed by atoms with Crippen molar-refractivity contribution in [2.75, 3.05) is 0 Å². The average molecular weight is 177 g/mol. The van der Waals surface area contributed by atoms with Crippen LogP contribution in [0.5, 0.6) is 0 Å². The van der Waals surface area contributed by atoms with Gasteiger partial charge in [-0.15, -0.1) is 0 Å². The molecule has 0 aliphatic carbocycles. The maximum absolute atomic E-state index is 12.4. The van der Waals surface area contributed by atoms with Crippen LogP contribution in [0.15, 0.2) is 6.33 Å². The summed E-state index contributed by atoms with van der Waals surface area (Å²) in [5.74, 6) is -6.11. The van der Waals surface area contributed by atoms with Crippen LogP contribution >= 0.6 is 0 Å². The van der Waals surface area contributed by atoms with Gasteiger partial charge in [-0.2, -0.15) is 13.9 Å². The summed E-state index contributed by atoms with van der Waals surface area (Å²) in [6.07, 6.45) is 0.0651. The van der Waals surface area contributed by atoms with Crippen LogP contribution in [-0.2, 0) is 11.2 Å². The summed E-state index contributed by atoms with van der Waals surface area (Å²) in [6, 6.07) is 0. The van der Waals surface area contributed by atoms with Gasteiger partial charge in [0.1, 0.15) is 12.2 Å². The van der Waals surface area contributed by atoms with E-state index < -0.39 is 18.3 Å². The Bertz CT molecular complexity index is 272. The van der Waals surface area contributed by atoms with Crippen molar-refractivity contribution in [1.29, 1.82) is 0 Å². The van der Waals surface area contributed by atoms with Gasteiger partial charge < -0.3 is 5.11 Å². The fraction of sp³-hybridized carbons (Fsp3) is 0.400. The van der Waals surface area contributed by atoms with Gasteiger partial charge in [-0.25, -0.2) is 9.78 Å². The third-order valence-electron chi connectivity index (χ3n) is 1.17. The van der Waals surface area contributed by atoms with E-state index in [1.54, 1.807) is 0 Å². The summed E-state index contributed by atoms with van der Waals surface area (Å²) < 4.78 is 24.8. The molecule has 1 rings (SSSR count). The molecule has 1 heterocycles. The standard InChI is InChI=1S/C5H5F2N3O2/c6-5(7,4(11)12)1-3-8-2-9-10-3/h2H,1H2,(H,11,12)(H,8,9,10). The number of nitrogens with one attached hydrogen (secondary N) is 1. The van der Waals surface area contributed by atoms with Gasteiger partial charge in [0, 0.05) is 0 Å². The van der Waals surface area contributed by atoms with E-state index in [9.17, 15) is 13.6 Å². The van der Waals surface area contributed by atoms with Crippen LogP contribution in [0.4, 0.5) is 8.78 Å². The highest BCUT2D eigenvalue weighted by Gasteiger charge is 2.39. The summed E-state index contributed by atoms with van der Waals surface area (Å²) >= 11 is 0. The zero-order valence-corrected chi connectivity index (χ0v) is 5.79. The summed E-state index contributed by atoms with van der Waals surface area (Å²) in [4.78, 5) is 13.3. The van der Waals surface area contributed by atoms with Gasteiger partial charge in [0.25, 0.3) is 0 Å². The number of carboxylic acids is 1. The fourth-order valence-corrected chi connectivity index (χ4v) is 0.602. The summed E-state index contributed by atoms with van der Waals surface area (Å²) in [5.41, 5.74) is 0. The molecule has 0 saturated heterocycles. The third-order valence-corrected chi connectivity index (χ3v) is 1.17. The van der Waals surface area contributed by atoms with Crippen molar-refractivity contribution >= 4 is 5.97 Å². The second kappa shape index (κ2) is 2.84. The van der Waals surface area contributed by atoms with Crippen molar-refractivity contribution in [3.8, 4) is 0 Å². The van der Waals surface area contributed by atoms with Gasteiger partial charge in [0.05, 0.1) is 6.42 Å². The molecule has 12 heavy (non-hydrogen) atoms. The summed E-state index contributed by atoms with van der Waals surface area (Å²) in [5, 5.41) is 13.5. The first-order chi connectivity index (χ1) is 5.52. The first kappa shape index (κ1) is 8.57. The lowest BCUT2D eigenvalue weighted by molar-refractivity contribution is -0.164. The molecule has 0 spiro atoms. The number of carboxylic acid groups (broad SMARTS) is 1. The molecule has 0 bridgehead atoms. The molecular weight excluding hydrogens is 172 g/mol. The highest BCUT2D eigenvalue weighted by molar-refractivity contribution is 5.75. The van der Waals surface area contributed by atoms with Crippen LogP contribution in [-0.4, -0.2) is 32.2 Å². The largest absolute Gasteiger partial charge is 0.477 e. The molecular formula is C5H5F2N3O2. The van der Waals surface area contributed by atoms with Crippen LogP contribution in [0.3, 0.4) is 0 Å². The zero-order chi connectivity index (χ0) is 9.19. The Labute approximate surface area is 65.4 Å². The van der Waals surface area contributed by atoms with Gasteiger partial charge >= 0.3 is 11.9 Å². The Kier molecular flexibility index (Phi) is 2.03. The Balaban J connectivity index is 2.69. The van der Waals surface area contributed by atoms with Crippen molar-refractivity contribution in [3.05, 3.63) is 12.2 Å². The number of aromatic nitrogens is 3. The molecule has 0 aliphatic rings. The van der Waals surface area contributed by atoms with E-state index in [1.807, 2.05) is 0 Å². The van der Waals surface area contributed by atoms with Crippen LogP contribution in [0, 0.1) is 0 Å². The zero-order valence-electron chi connectivity index (χ0n) is 5.79. The number of H-pyrrole nitrogens is 1. The SMILES string of the molecule is O=C(O)C(F)(F)Cc1ncn[nH]1. The van der Waals surface area contributed by atoms with Crippen LogP contribution in [0.2, 0.25) is 0 Å². The molecule has 7 heteroatoms. The fourth-order valence-electron chi connectivity index (χ4n) is 0.602. The monoisotopic (exact) mass is 177 g/mol. The quantitative estimate of drug-likeness (QED) is 0.684. The van der Waals surface area contributed by atoms with E-state index in [0.717, 1.165) is 6.33 Å². The minimum atomic E-state index is -3.79. The first-order valence-corrected chi connectivity index (χ1v) is 2.98. The molecule has 0 aliphatic heterocycles. The van der Waals surface area contributed by atoms with Gasteiger partial charge in [-0.3, -0.25) is 5.10 Å². The average Bonchev–Trinajstić information content (AvgIpc) is 2.38. The Morgan fingerprint density at radius 2 is 2.42 bits per heavy atom. The second-order valence-electron chi connectivity index (χ2n) is 2.12. The van der Waals surface area contributed by atoms with Crippen molar-refractivity contribution in [1.82, 2.24) is 15.2 Å². The van der Waals surface area contributed by atoms with Crippen molar-refractivity contribution in [2.24, 2.45) is 0 Å². The first-order valence-electron chi connectivity index (χ1n) is 2.98. The predicted octanol–water partition coefficient (Wildman–Crippen LogP) is 0.0671. The minimum Gasteiger partial charge on any atom is -0.477 e. The van der Waals surface area contributed by atoms with Crippen LogP contribution < -0.4 is 0 Å². The van der Waals surface area contributed by atoms with E-state index in [2.05, 4.69) is 15.2 Å². The summed E-state index contributed by atoms with van der Waals surface area (Å²) in [6.45, 7) is 0. The molecule has 0 radical (unpaired) electrons. The molecule has 1 aromatic rings. The van der Waals surface area contributed by atoms with E-state index >= 15 is 0 Å². The predicted molar refractivity (Wildman–Crippen MR) is 32.7 cm³/mol. The number of nitrogens with zero attached hydrogens (tertiary/aromatic N) is 2. The number of aromatic amines is 1. The third kappa shape index (κ3) is 1.74. The Morgan fingerprint density at radius 3 is 2.83 bits per heavy atom. The molecule has 0 fully saturated rings. The lowest BCUT2D eigenvalue weighted by Gasteiger charge is -2.07. The molecule has 1 aromatic heterocycles. The summed E-state index contributed by atoms with van der Waals surface area (Å²) in [7, 11) is 0. The van der Waals surface area contributed by atoms with Gasteiger partial charge in [-0.1, -0.05) is 0 Å². The molecule has 0 amide bonds. The van der Waals surface area contributed by atoms with Crippen molar-refractivity contribution in [3.63, 3.8) is 0 Å².